The second-order valence-corrected chi connectivity index (χ2v) is 13.8. The second-order valence-electron chi connectivity index (χ2n) is 12.2. The van der Waals surface area contributed by atoms with Crippen molar-refractivity contribution in [2.75, 3.05) is 12.4 Å². The zero-order valence-corrected chi connectivity index (χ0v) is 27.4. The third kappa shape index (κ3) is 11.2. The number of esters is 1. The molecule has 0 saturated carbocycles. The van der Waals surface area contributed by atoms with Crippen LogP contribution in [0.3, 0.4) is 0 Å². The second kappa shape index (κ2) is 17.1. The highest BCUT2D eigenvalue weighted by atomic mass is 32.2. The zero-order chi connectivity index (χ0) is 29.7. The van der Waals surface area contributed by atoms with Gasteiger partial charge in [0.1, 0.15) is 0 Å². The molecule has 0 aliphatic carbocycles. The lowest BCUT2D eigenvalue weighted by Gasteiger charge is -2.23. The summed E-state index contributed by atoms with van der Waals surface area (Å²) in [4.78, 5) is 18.1. The van der Waals surface area contributed by atoms with Gasteiger partial charge < -0.3 is 9.15 Å². The van der Waals surface area contributed by atoms with Crippen LogP contribution in [0.1, 0.15) is 104 Å². The van der Waals surface area contributed by atoms with E-state index < -0.39 is 0 Å². The fraction of sp³-hybridized carbons (Fsp3) is 0.571. The van der Waals surface area contributed by atoms with Crippen molar-refractivity contribution in [2.24, 2.45) is 11.3 Å². The van der Waals surface area contributed by atoms with Gasteiger partial charge in [0.25, 0.3) is 0 Å². The Morgan fingerprint density at radius 3 is 2.56 bits per heavy atom. The number of hydrogen-bond donors (Lipinski definition) is 0. The van der Waals surface area contributed by atoms with E-state index >= 15 is 0 Å². The van der Waals surface area contributed by atoms with Gasteiger partial charge in [-0.15, -0.1) is 11.8 Å². The average molecular weight is 596 g/mol. The number of thioether (sulfide) groups is 1. The van der Waals surface area contributed by atoms with Crippen molar-refractivity contribution in [3.05, 3.63) is 52.9 Å². The maximum atomic E-state index is 12.4. The maximum absolute atomic E-state index is 12.4. The van der Waals surface area contributed by atoms with Crippen molar-refractivity contribution in [2.45, 2.75) is 110 Å². The molecular formula is C35H49NO3S2. The molecule has 0 unspecified atom stereocenters. The van der Waals surface area contributed by atoms with Crippen molar-refractivity contribution in [3.63, 3.8) is 0 Å². The van der Waals surface area contributed by atoms with Gasteiger partial charge in [-0.3, -0.25) is 4.79 Å². The number of pyridine rings is 1. The summed E-state index contributed by atoms with van der Waals surface area (Å²) in [5, 5.41) is 0.988. The first-order chi connectivity index (χ1) is 19.7. The monoisotopic (exact) mass is 595 g/mol. The van der Waals surface area contributed by atoms with E-state index in [1.165, 1.54) is 44.1 Å². The van der Waals surface area contributed by atoms with Gasteiger partial charge in [0.05, 0.1) is 12.0 Å². The smallest absolute Gasteiger partial charge is 0.311 e. The third-order valence-electron chi connectivity index (χ3n) is 7.56. The molecule has 0 aliphatic rings. The summed E-state index contributed by atoms with van der Waals surface area (Å²) in [6, 6.07) is 12.9. The molecule has 3 rings (SSSR count). The molecule has 0 radical (unpaired) electrons. The number of hydrogen-bond acceptors (Lipinski definition) is 6. The molecule has 224 valence electrons. The third-order valence-corrected chi connectivity index (χ3v) is 8.91. The van der Waals surface area contributed by atoms with E-state index in [4.69, 9.17) is 21.4 Å². The van der Waals surface area contributed by atoms with Crippen LogP contribution in [0.15, 0.2) is 51.9 Å². The van der Waals surface area contributed by atoms with Crippen LogP contribution in [-0.2, 0) is 16.0 Å². The van der Waals surface area contributed by atoms with E-state index in [9.17, 15) is 4.79 Å². The van der Waals surface area contributed by atoms with Crippen LogP contribution in [0, 0.1) is 16.0 Å². The van der Waals surface area contributed by atoms with Crippen molar-refractivity contribution >= 4 is 41.0 Å². The summed E-state index contributed by atoms with van der Waals surface area (Å²) in [6.45, 7) is 11.1. The molecule has 2 aromatic heterocycles. The SMILES string of the molecule is CCCCc1cccc(-c2cc3cc(SCCCCCCCCOC(=O)C(C)(C)CCC(C)C)cnc3oc2=S)c1. The Morgan fingerprint density at radius 1 is 1.05 bits per heavy atom. The largest absolute Gasteiger partial charge is 0.465 e. The zero-order valence-electron chi connectivity index (χ0n) is 25.8. The number of ether oxygens (including phenoxy) is 1. The highest BCUT2D eigenvalue weighted by Gasteiger charge is 2.29. The molecule has 0 aliphatic heterocycles. The Balaban J connectivity index is 1.38. The minimum absolute atomic E-state index is 0.0514. The predicted octanol–water partition coefficient (Wildman–Crippen LogP) is 11.0. The number of carbonyl (C=O) groups excluding carboxylic acids is 1. The molecule has 0 fully saturated rings. The molecule has 0 spiro atoms. The number of benzene rings is 1. The summed E-state index contributed by atoms with van der Waals surface area (Å²) in [7, 11) is 0. The van der Waals surface area contributed by atoms with Crippen LogP contribution in [-0.4, -0.2) is 23.3 Å². The number of aryl methyl sites for hydroxylation is 1. The molecule has 2 heterocycles. The van der Waals surface area contributed by atoms with Gasteiger partial charge in [-0.2, -0.15) is 0 Å². The number of nitrogens with zero attached hydrogens (tertiary/aromatic N) is 1. The van der Waals surface area contributed by atoms with Crippen molar-refractivity contribution < 1.29 is 13.9 Å². The fourth-order valence-electron chi connectivity index (χ4n) is 4.76. The normalized spacial score (nSPS) is 11.9. The quantitative estimate of drug-likeness (QED) is 0.0631. The van der Waals surface area contributed by atoms with Crippen molar-refractivity contribution in [1.29, 1.82) is 0 Å². The molecule has 0 saturated heterocycles. The Bertz CT molecular complexity index is 1300. The molecule has 6 heteroatoms. The molecule has 0 amide bonds. The van der Waals surface area contributed by atoms with Gasteiger partial charge in [-0.1, -0.05) is 77.1 Å². The van der Waals surface area contributed by atoms with Gasteiger partial charge in [-0.25, -0.2) is 4.98 Å². The van der Waals surface area contributed by atoms with E-state index in [0.717, 1.165) is 59.3 Å². The Morgan fingerprint density at radius 2 is 1.80 bits per heavy atom. The van der Waals surface area contributed by atoms with Gasteiger partial charge >= 0.3 is 5.97 Å². The first-order valence-corrected chi connectivity index (χ1v) is 16.9. The van der Waals surface area contributed by atoms with E-state index in [2.05, 4.69) is 62.2 Å². The molecule has 0 atom stereocenters. The minimum Gasteiger partial charge on any atom is -0.465 e. The van der Waals surface area contributed by atoms with Crippen molar-refractivity contribution in [3.8, 4) is 11.1 Å². The Hall–Kier alpha value is -2.18. The van der Waals surface area contributed by atoms with E-state index in [-0.39, 0.29) is 11.4 Å². The number of fused-ring (bicyclic) bond motifs is 1. The first-order valence-electron chi connectivity index (χ1n) is 15.5. The lowest BCUT2D eigenvalue weighted by Crippen LogP contribution is -2.27. The molecule has 1 aromatic carbocycles. The van der Waals surface area contributed by atoms with Gasteiger partial charge in [0.15, 0.2) is 0 Å². The van der Waals surface area contributed by atoms with Crippen LogP contribution in [0.5, 0.6) is 0 Å². The van der Waals surface area contributed by atoms with E-state index in [1.54, 1.807) is 0 Å². The molecule has 0 N–H and O–H groups in total. The molecule has 41 heavy (non-hydrogen) atoms. The number of unbranched alkanes of at least 4 members (excludes halogenated alkanes) is 6. The standard InChI is InChI=1S/C35H49NO3S2/c1-6-7-15-27-16-14-17-28(22-27)31-24-29-23-30(25-36-32(29)39-33(31)40)41-21-13-11-9-8-10-12-20-38-34(37)35(4,5)19-18-26(2)3/h14,16-17,22-26H,6-13,15,18-21H2,1-5H3. The Kier molecular flexibility index (Phi) is 13.9. The molecule has 3 aromatic rings. The highest BCUT2D eigenvalue weighted by molar-refractivity contribution is 7.99. The Labute approximate surface area is 257 Å². The van der Waals surface area contributed by atoms with Crippen LogP contribution in [0.25, 0.3) is 22.2 Å². The van der Waals surface area contributed by atoms with Crippen molar-refractivity contribution in [1.82, 2.24) is 4.98 Å². The molecule has 4 nitrogen and oxygen atoms in total. The van der Waals surface area contributed by atoms with Crippen LogP contribution < -0.4 is 0 Å². The number of carbonyl (C=O) groups is 1. The van der Waals surface area contributed by atoms with Crippen LogP contribution in [0.4, 0.5) is 0 Å². The fourth-order valence-corrected chi connectivity index (χ4v) is 5.94. The van der Waals surface area contributed by atoms with Crippen LogP contribution in [0.2, 0.25) is 0 Å². The van der Waals surface area contributed by atoms with E-state index in [1.807, 2.05) is 31.8 Å². The first kappa shape index (κ1) is 33.3. The topological polar surface area (TPSA) is 52.3 Å². The number of rotatable bonds is 18. The molecular weight excluding hydrogens is 547 g/mol. The highest BCUT2D eigenvalue weighted by Crippen LogP contribution is 2.30. The van der Waals surface area contributed by atoms with Gasteiger partial charge in [-0.05, 0) is 99.5 Å². The summed E-state index contributed by atoms with van der Waals surface area (Å²) in [6.07, 6.45) is 14.1. The lowest BCUT2D eigenvalue weighted by molar-refractivity contribution is -0.154. The van der Waals surface area contributed by atoms with Gasteiger partial charge in [0, 0.05) is 22.0 Å². The summed E-state index contributed by atoms with van der Waals surface area (Å²) >= 11 is 7.43. The summed E-state index contributed by atoms with van der Waals surface area (Å²) in [5.74, 6) is 1.63. The molecule has 0 bridgehead atoms. The minimum atomic E-state index is -0.381. The average Bonchev–Trinajstić information content (AvgIpc) is 2.95. The summed E-state index contributed by atoms with van der Waals surface area (Å²) in [5.41, 5.74) is 3.61. The van der Waals surface area contributed by atoms with Gasteiger partial charge in [0.2, 0.25) is 10.4 Å². The van der Waals surface area contributed by atoms with E-state index in [0.29, 0.717) is 22.9 Å². The number of aromatic nitrogens is 1. The van der Waals surface area contributed by atoms with Crippen LogP contribution >= 0.6 is 24.0 Å². The summed E-state index contributed by atoms with van der Waals surface area (Å²) < 4.78 is 12.0. The predicted molar refractivity (Wildman–Crippen MR) is 176 cm³/mol. The lowest BCUT2D eigenvalue weighted by atomic mass is 9.85. The maximum Gasteiger partial charge on any atom is 0.311 e.